The highest BCUT2D eigenvalue weighted by Crippen LogP contribution is 2.63. The van der Waals surface area contributed by atoms with Gasteiger partial charge in [-0.1, -0.05) is 103 Å². The molecule has 1 fully saturated rings. The lowest BCUT2D eigenvalue weighted by Crippen LogP contribution is -2.41. The van der Waals surface area contributed by atoms with E-state index in [-0.39, 0.29) is 18.3 Å². The van der Waals surface area contributed by atoms with Gasteiger partial charge in [-0.25, -0.2) is 0 Å². The SMILES string of the molecule is CC1(C)OB(c2ccc(-c3cccc4c3-c3ccccc3C43c4ccccc4Oc4ccccc43)cc2)OC1(C)C. The van der Waals surface area contributed by atoms with E-state index in [0.29, 0.717) is 0 Å². The van der Waals surface area contributed by atoms with Crippen molar-refractivity contribution in [2.75, 3.05) is 0 Å². The normalized spacial score (nSPS) is 18.3. The van der Waals surface area contributed by atoms with Crippen LogP contribution in [-0.2, 0) is 14.7 Å². The molecular weight excluding hydrogens is 503 g/mol. The Hall–Kier alpha value is -4.12. The van der Waals surface area contributed by atoms with Crippen molar-refractivity contribution in [3.05, 3.63) is 138 Å². The summed E-state index contributed by atoms with van der Waals surface area (Å²) in [6.45, 7) is 8.37. The van der Waals surface area contributed by atoms with Gasteiger partial charge < -0.3 is 14.0 Å². The molecule has 8 rings (SSSR count). The highest BCUT2D eigenvalue weighted by atomic mass is 16.7. The van der Waals surface area contributed by atoms with Gasteiger partial charge >= 0.3 is 7.12 Å². The zero-order chi connectivity index (χ0) is 28.0. The maximum absolute atomic E-state index is 6.48. The second-order valence-corrected chi connectivity index (χ2v) is 12.3. The van der Waals surface area contributed by atoms with Crippen molar-refractivity contribution in [2.24, 2.45) is 0 Å². The summed E-state index contributed by atoms with van der Waals surface area (Å²) in [5, 5.41) is 0. The van der Waals surface area contributed by atoms with Crippen molar-refractivity contribution in [3.63, 3.8) is 0 Å². The molecule has 0 aromatic heterocycles. The summed E-state index contributed by atoms with van der Waals surface area (Å²) >= 11 is 0. The van der Waals surface area contributed by atoms with E-state index in [0.717, 1.165) is 17.0 Å². The van der Waals surface area contributed by atoms with Gasteiger partial charge in [-0.05, 0) is 78.7 Å². The Balaban J connectivity index is 1.33. The molecule has 0 unspecified atom stereocenters. The van der Waals surface area contributed by atoms with Crippen molar-refractivity contribution in [2.45, 2.75) is 44.3 Å². The van der Waals surface area contributed by atoms with Crippen LogP contribution in [0.4, 0.5) is 0 Å². The molecule has 0 radical (unpaired) electrons. The van der Waals surface area contributed by atoms with Crippen LogP contribution in [0.2, 0.25) is 0 Å². The summed E-state index contributed by atoms with van der Waals surface area (Å²) in [5.74, 6) is 1.82. The van der Waals surface area contributed by atoms with Crippen molar-refractivity contribution < 1.29 is 14.0 Å². The Bertz CT molecular complexity index is 1770. The predicted molar refractivity (Wildman–Crippen MR) is 165 cm³/mol. The van der Waals surface area contributed by atoms with Gasteiger partial charge in [-0.2, -0.15) is 0 Å². The molecule has 3 aliphatic rings. The van der Waals surface area contributed by atoms with Gasteiger partial charge in [0.25, 0.3) is 0 Å². The topological polar surface area (TPSA) is 27.7 Å². The Morgan fingerprint density at radius 2 is 1.00 bits per heavy atom. The second kappa shape index (κ2) is 8.45. The fourth-order valence-corrected chi connectivity index (χ4v) is 6.94. The number of para-hydroxylation sites is 2. The Labute approximate surface area is 241 Å². The van der Waals surface area contributed by atoms with Crippen LogP contribution in [0.25, 0.3) is 22.3 Å². The van der Waals surface area contributed by atoms with E-state index >= 15 is 0 Å². The van der Waals surface area contributed by atoms with E-state index in [1.54, 1.807) is 0 Å². The van der Waals surface area contributed by atoms with Crippen LogP contribution in [0.5, 0.6) is 11.5 Å². The van der Waals surface area contributed by atoms with Crippen molar-refractivity contribution in [1.29, 1.82) is 0 Å². The zero-order valence-electron chi connectivity index (χ0n) is 23.8. The number of ether oxygens (including phenoxy) is 1. The van der Waals surface area contributed by atoms with E-state index in [9.17, 15) is 0 Å². The van der Waals surface area contributed by atoms with Crippen LogP contribution in [0.3, 0.4) is 0 Å². The maximum Gasteiger partial charge on any atom is 0.494 e. The van der Waals surface area contributed by atoms with Gasteiger partial charge in [0, 0.05) is 11.1 Å². The minimum atomic E-state index is -0.462. The lowest BCUT2D eigenvalue weighted by molar-refractivity contribution is 0.00578. The Morgan fingerprint density at radius 1 is 0.488 bits per heavy atom. The molecule has 0 bridgehead atoms. The van der Waals surface area contributed by atoms with E-state index in [1.807, 2.05) is 0 Å². The molecule has 1 saturated heterocycles. The average molecular weight is 534 g/mol. The molecule has 1 aliphatic carbocycles. The Kier molecular flexibility index (Phi) is 5.08. The van der Waals surface area contributed by atoms with Crippen molar-refractivity contribution >= 4 is 12.6 Å². The van der Waals surface area contributed by atoms with Gasteiger partial charge in [0.05, 0.1) is 16.6 Å². The smallest absolute Gasteiger partial charge is 0.457 e. The van der Waals surface area contributed by atoms with Gasteiger partial charge in [-0.15, -0.1) is 0 Å². The summed E-state index contributed by atoms with van der Waals surface area (Å²) in [6.07, 6.45) is 0. The fraction of sp³-hybridized carbons (Fsp3) is 0.189. The van der Waals surface area contributed by atoms with Crippen molar-refractivity contribution in [1.82, 2.24) is 0 Å². The van der Waals surface area contributed by atoms with Gasteiger partial charge in [-0.3, -0.25) is 0 Å². The standard InChI is InChI=1S/C37H31BO3/c1-35(2)36(3,4)41-38(40-35)25-22-20-24(21-23-25)26-13-11-17-31-34(26)27-12-5-6-14-28(27)37(31)29-15-7-9-18-32(29)39-33-19-10-8-16-30(33)37/h5-23H,1-4H3. The molecule has 0 atom stereocenters. The quantitative estimate of drug-likeness (QED) is 0.210. The number of rotatable bonds is 2. The first kappa shape index (κ1) is 24.7. The molecule has 4 heteroatoms. The molecule has 1 spiro atoms. The summed E-state index contributed by atoms with van der Waals surface area (Å²) in [6, 6.07) is 41.3. The van der Waals surface area contributed by atoms with Gasteiger partial charge in [0.15, 0.2) is 0 Å². The third-order valence-electron chi connectivity index (χ3n) is 9.62. The molecule has 5 aromatic rings. The maximum atomic E-state index is 6.48. The molecule has 5 aromatic carbocycles. The van der Waals surface area contributed by atoms with E-state index in [2.05, 4.69) is 143 Å². The highest BCUT2D eigenvalue weighted by Gasteiger charge is 2.53. The van der Waals surface area contributed by atoms with Crippen LogP contribution in [0.1, 0.15) is 49.9 Å². The predicted octanol–water partition coefficient (Wildman–Crippen LogP) is 8.12. The molecule has 0 N–H and O–H groups in total. The Morgan fingerprint density at radius 3 is 1.63 bits per heavy atom. The van der Waals surface area contributed by atoms with Crippen molar-refractivity contribution in [3.8, 4) is 33.8 Å². The molecule has 0 saturated carbocycles. The first-order valence-electron chi connectivity index (χ1n) is 14.4. The minimum Gasteiger partial charge on any atom is -0.457 e. The zero-order valence-corrected chi connectivity index (χ0v) is 23.8. The molecule has 2 aliphatic heterocycles. The molecule has 200 valence electrons. The van der Waals surface area contributed by atoms with Crippen LogP contribution in [0, 0.1) is 0 Å². The van der Waals surface area contributed by atoms with Crippen LogP contribution >= 0.6 is 0 Å². The third-order valence-corrected chi connectivity index (χ3v) is 9.62. The first-order chi connectivity index (χ1) is 19.8. The monoisotopic (exact) mass is 534 g/mol. The lowest BCUT2D eigenvalue weighted by atomic mass is 9.66. The highest BCUT2D eigenvalue weighted by molar-refractivity contribution is 6.62. The second-order valence-electron chi connectivity index (χ2n) is 12.3. The molecule has 41 heavy (non-hydrogen) atoms. The summed E-state index contributed by atoms with van der Waals surface area (Å²) in [5.41, 5.74) is 9.69. The van der Waals surface area contributed by atoms with E-state index < -0.39 is 5.41 Å². The van der Waals surface area contributed by atoms with Gasteiger partial charge in [0.2, 0.25) is 0 Å². The van der Waals surface area contributed by atoms with E-state index in [4.69, 9.17) is 14.0 Å². The molecule has 0 amide bonds. The molecule has 3 nitrogen and oxygen atoms in total. The van der Waals surface area contributed by atoms with Crippen LogP contribution < -0.4 is 10.2 Å². The molecular formula is C37H31BO3. The first-order valence-corrected chi connectivity index (χ1v) is 14.4. The summed E-state index contributed by atoms with van der Waals surface area (Å²) in [7, 11) is -0.380. The number of hydrogen-bond donors (Lipinski definition) is 0. The summed E-state index contributed by atoms with van der Waals surface area (Å²) in [4.78, 5) is 0. The number of hydrogen-bond acceptors (Lipinski definition) is 3. The lowest BCUT2D eigenvalue weighted by Gasteiger charge is -2.39. The largest absolute Gasteiger partial charge is 0.494 e. The average Bonchev–Trinajstić information content (AvgIpc) is 3.40. The fourth-order valence-electron chi connectivity index (χ4n) is 6.94. The van der Waals surface area contributed by atoms with Crippen LogP contribution in [0.15, 0.2) is 115 Å². The third kappa shape index (κ3) is 3.29. The van der Waals surface area contributed by atoms with Crippen LogP contribution in [-0.4, -0.2) is 18.3 Å². The summed E-state index contributed by atoms with van der Waals surface area (Å²) < 4.78 is 19.1. The van der Waals surface area contributed by atoms with Gasteiger partial charge in [0.1, 0.15) is 11.5 Å². The minimum absolute atomic E-state index is 0.370. The number of benzene rings is 5. The number of fused-ring (bicyclic) bond motifs is 9. The van der Waals surface area contributed by atoms with E-state index in [1.165, 1.54) is 44.5 Å². The molecule has 2 heterocycles.